The molecule has 3 nitrogen and oxygen atoms in total. The van der Waals surface area contributed by atoms with Gasteiger partial charge in [0.1, 0.15) is 0 Å². The standard InChI is InChI=1S/C10H22O.C4H8O2/c1-9(2)5-7-11-8-6-10(3)4;1-2-4-6-5-3-1/h9-10H,5-8H2,1-4H3;1-4H2. The number of hydrogen-bond acceptors (Lipinski definition) is 3. The van der Waals surface area contributed by atoms with Gasteiger partial charge in [0.15, 0.2) is 0 Å². The molecule has 0 aromatic heterocycles. The van der Waals surface area contributed by atoms with Gasteiger partial charge in [0.25, 0.3) is 0 Å². The third kappa shape index (κ3) is 15.9. The van der Waals surface area contributed by atoms with E-state index in [9.17, 15) is 0 Å². The lowest BCUT2D eigenvalue weighted by atomic mass is 10.1. The molecule has 0 atom stereocenters. The molecule has 0 aromatic rings. The molecule has 0 spiro atoms. The van der Waals surface area contributed by atoms with Gasteiger partial charge in [0.2, 0.25) is 0 Å². The Bertz CT molecular complexity index is 121. The fourth-order valence-corrected chi connectivity index (χ4v) is 1.18. The van der Waals surface area contributed by atoms with Gasteiger partial charge in [-0.1, -0.05) is 27.7 Å². The molecule has 1 aliphatic heterocycles. The fourth-order valence-electron chi connectivity index (χ4n) is 1.18. The summed E-state index contributed by atoms with van der Waals surface area (Å²) in [6.45, 7) is 12.3. The van der Waals surface area contributed by atoms with Crippen molar-refractivity contribution in [2.75, 3.05) is 26.4 Å². The Morgan fingerprint density at radius 2 is 1.24 bits per heavy atom. The normalized spacial score (nSPS) is 15.9. The summed E-state index contributed by atoms with van der Waals surface area (Å²) in [5.41, 5.74) is 0. The molecule has 0 aliphatic carbocycles. The van der Waals surface area contributed by atoms with Crippen molar-refractivity contribution in [3.05, 3.63) is 0 Å². The summed E-state index contributed by atoms with van der Waals surface area (Å²) in [4.78, 5) is 9.14. The Kier molecular flexibility index (Phi) is 12.3. The molecular formula is C14H30O3. The molecule has 0 unspecified atom stereocenters. The van der Waals surface area contributed by atoms with Crippen LogP contribution in [0.3, 0.4) is 0 Å². The highest BCUT2D eigenvalue weighted by Gasteiger charge is 1.96. The lowest BCUT2D eigenvalue weighted by molar-refractivity contribution is -0.312. The van der Waals surface area contributed by atoms with Gasteiger partial charge in [-0.05, 0) is 37.5 Å². The summed E-state index contributed by atoms with van der Waals surface area (Å²) in [5.74, 6) is 1.54. The first-order chi connectivity index (χ1) is 8.13. The first-order valence-corrected chi connectivity index (χ1v) is 6.95. The molecule has 3 heteroatoms. The van der Waals surface area contributed by atoms with E-state index in [1.165, 1.54) is 12.8 Å². The van der Waals surface area contributed by atoms with E-state index in [0.29, 0.717) is 0 Å². The summed E-state index contributed by atoms with van der Waals surface area (Å²) >= 11 is 0. The number of rotatable bonds is 6. The highest BCUT2D eigenvalue weighted by Crippen LogP contribution is 2.02. The molecule has 0 radical (unpaired) electrons. The van der Waals surface area contributed by atoms with Crippen LogP contribution >= 0.6 is 0 Å². The smallest absolute Gasteiger partial charge is 0.0823 e. The molecular weight excluding hydrogens is 216 g/mol. The molecule has 0 amide bonds. The maximum Gasteiger partial charge on any atom is 0.0823 e. The van der Waals surface area contributed by atoms with Crippen LogP contribution in [-0.4, -0.2) is 26.4 Å². The second-order valence-corrected chi connectivity index (χ2v) is 5.33. The van der Waals surface area contributed by atoms with E-state index in [1.54, 1.807) is 0 Å². The number of hydrogen-bond donors (Lipinski definition) is 0. The predicted molar refractivity (Wildman–Crippen MR) is 70.9 cm³/mol. The molecule has 0 bridgehead atoms. The lowest BCUT2D eigenvalue weighted by Gasteiger charge is -2.07. The van der Waals surface area contributed by atoms with Crippen LogP contribution in [0.2, 0.25) is 0 Å². The predicted octanol–water partition coefficient (Wildman–Crippen LogP) is 3.82. The molecule has 1 heterocycles. The number of ether oxygens (including phenoxy) is 1. The second kappa shape index (κ2) is 12.3. The van der Waals surface area contributed by atoms with Crippen LogP contribution in [0.5, 0.6) is 0 Å². The SMILES string of the molecule is C1CCOOC1.CC(C)CCOCCC(C)C. The average molecular weight is 246 g/mol. The van der Waals surface area contributed by atoms with Gasteiger partial charge in [-0.15, -0.1) is 0 Å². The van der Waals surface area contributed by atoms with Gasteiger partial charge in [-0.3, -0.25) is 0 Å². The fraction of sp³-hybridized carbons (Fsp3) is 1.00. The Morgan fingerprint density at radius 1 is 0.824 bits per heavy atom. The van der Waals surface area contributed by atoms with Crippen LogP contribution in [0, 0.1) is 11.8 Å². The van der Waals surface area contributed by atoms with Gasteiger partial charge in [0.05, 0.1) is 13.2 Å². The van der Waals surface area contributed by atoms with Crippen LogP contribution in [0.4, 0.5) is 0 Å². The summed E-state index contributed by atoms with van der Waals surface area (Å²) in [7, 11) is 0. The molecule has 1 rings (SSSR count). The van der Waals surface area contributed by atoms with Crippen molar-refractivity contribution >= 4 is 0 Å². The highest BCUT2D eigenvalue weighted by atomic mass is 17.2. The minimum atomic E-state index is 0.772. The van der Waals surface area contributed by atoms with E-state index in [1.807, 2.05) is 0 Å². The first-order valence-electron chi connectivity index (χ1n) is 6.95. The topological polar surface area (TPSA) is 27.7 Å². The molecule has 104 valence electrons. The summed E-state index contributed by atoms with van der Waals surface area (Å²) in [6.07, 6.45) is 4.69. The van der Waals surface area contributed by atoms with Crippen LogP contribution in [-0.2, 0) is 14.5 Å². The van der Waals surface area contributed by atoms with Crippen molar-refractivity contribution in [2.45, 2.75) is 53.4 Å². The average Bonchev–Trinajstić information content (AvgIpc) is 2.31. The Labute approximate surface area is 107 Å². The highest BCUT2D eigenvalue weighted by molar-refractivity contribution is 4.45. The monoisotopic (exact) mass is 246 g/mol. The Morgan fingerprint density at radius 3 is 1.47 bits per heavy atom. The Balaban J connectivity index is 0.000000354. The molecule has 0 saturated carbocycles. The zero-order valence-electron chi connectivity index (χ0n) is 12.0. The third-order valence-electron chi connectivity index (χ3n) is 2.47. The summed E-state index contributed by atoms with van der Waals surface area (Å²) in [5, 5.41) is 0. The van der Waals surface area contributed by atoms with Crippen molar-refractivity contribution in [2.24, 2.45) is 11.8 Å². The van der Waals surface area contributed by atoms with Crippen LogP contribution in [0.25, 0.3) is 0 Å². The minimum Gasteiger partial charge on any atom is -0.381 e. The van der Waals surface area contributed by atoms with Gasteiger partial charge in [-0.2, -0.15) is 0 Å². The quantitative estimate of drug-likeness (QED) is 0.526. The third-order valence-corrected chi connectivity index (χ3v) is 2.47. The lowest BCUT2D eigenvalue weighted by Crippen LogP contribution is -2.05. The van der Waals surface area contributed by atoms with E-state index in [2.05, 4.69) is 37.5 Å². The minimum absolute atomic E-state index is 0.772. The van der Waals surface area contributed by atoms with Crippen molar-refractivity contribution in [1.29, 1.82) is 0 Å². The van der Waals surface area contributed by atoms with E-state index >= 15 is 0 Å². The van der Waals surface area contributed by atoms with E-state index in [-0.39, 0.29) is 0 Å². The molecule has 0 aromatic carbocycles. The largest absolute Gasteiger partial charge is 0.381 e. The second-order valence-electron chi connectivity index (χ2n) is 5.33. The molecule has 1 saturated heterocycles. The van der Waals surface area contributed by atoms with Crippen molar-refractivity contribution in [3.63, 3.8) is 0 Å². The molecule has 1 fully saturated rings. The van der Waals surface area contributed by atoms with Crippen molar-refractivity contribution < 1.29 is 14.5 Å². The van der Waals surface area contributed by atoms with Gasteiger partial charge >= 0.3 is 0 Å². The van der Waals surface area contributed by atoms with Crippen molar-refractivity contribution in [1.82, 2.24) is 0 Å². The van der Waals surface area contributed by atoms with Crippen LogP contribution in [0.1, 0.15) is 53.4 Å². The molecule has 17 heavy (non-hydrogen) atoms. The zero-order valence-corrected chi connectivity index (χ0v) is 12.0. The van der Waals surface area contributed by atoms with Gasteiger partial charge < -0.3 is 4.74 Å². The summed E-state index contributed by atoms with van der Waals surface area (Å²) < 4.78 is 5.46. The molecule has 0 N–H and O–H groups in total. The van der Waals surface area contributed by atoms with Gasteiger partial charge in [-0.25, -0.2) is 9.78 Å². The van der Waals surface area contributed by atoms with Gasteiger partial charge in [0, 0.05) is 13.2 Å². The van der Waals surface area contributed by atoms with Crippen LogP contribution < -0.4 is 0 Å². The summed E-state index contributed by atoms with van der Waals surface area (Å²) in [6, 6.07) is 0. The maximum atomic E-state index is 5.46. The Hall–Kier alpha value is -0.120. The first kappa shape index (κ1) is 16.9. The zero-order chi connectivity index (χ0) is 12.9. The van der Waals surface area contributed by atoms with Crippen LogP contribution in [0.15, 0.2) is 0 Å². The maximum absolute atomic E-state index is 5.46. The van der Waals surface area contributed by atoms with E-state index < -0.39 is 0 Å². The van der Waals surface area contributed by atoms with E-state index in [0.717, 1.165) is 51.1 Å². The van der Waals surface area contributed by atoms with E-state index in [4.69, 9.17) is 4.74 Å². The molecule has 1 aliphatic rings. The van der Waals surface area contributed by atoms with Crippen molar-refractivity contribution in [3.8, 4) is 0 Å².